The van der Waals surface area contributed by atoms with Gasteiger partial charge in [-0.15, -0.1) is 5.10 Å². The van der Waals surface area contributed by atoms with Crippen molar-refractivity contribution in [1.29, 1.82) is 0 Å². The van der Waals surface area contributed by atoms with Gasteiger partial charge in [-0.05, 0) is 64.3 Å². The van der Waals surface area contributed by atoms with Crippen molar-refractivity contribution < 1.29 is 4.74 Å². The van der Waals surface area contributed by atoms with Crippen LogP contribution in [0.2, 0.25) is 0 Å². The van der Waals surface area contributed by atoms with Gasteiger partial charge in [-0.2, -0.15) is 4.52 Å². The predicted octanol–water partition coefficient (Wildman–Crippen LogP) is 7.27. The summed E-state index contributed by atoms with van der Waals surface area (Å²) in [5, 5.41) is 17.2. The summed E-state index contributed by atoms with van der Waals surface area (Å²) in [7, 11) is 0. The lowest BCUT2D eigenvalue weighted by Gasteiger charge is -2.11. The molecule has 8 heteroatoms. The van der Waals surface area contributed by atoms with Crippen LogP contribution in [0.5, 0.6) is 11.5 Å². The van der Waals surface area contributed by atoms with Gasteiger partial charge in [0.15, 0.2) is 11.3 Å². The number of rotatable bonds is 3. The monoisotopic (exact) mass is 503 g/mol. The lowest BCUT2D eigenvalue weighted by atomic mass is 10.0. The minimum Gasteiger partial charge on any atom is -0.457 e. The van der Waals surface area contributed by atoms with Crippen molar-refractivity contribution in [2.24, 2.45) is 0 Å². The van der Waals surface area contributed by atoms with Crippen LogP contribution >= 0.6 is 0 Å². The van der Waals surface area contributed by atoms with E-state index in [1.165, 1.54) is 0 Å². The molecule has 0 fully saturated rings. The third kappa shape index (κ3) is 3.11. The van der Waals surface area contributed by atoms with Gasteiger partial charge in [0.2, 0.25) is 0 Å². The van der Waals surface area contributed by atoms with Gasteiger partial charge in [0.05, 0.1) is 23.1 Å². The zero-order valence-corrected chi connectivity index (χ0v) is 20.4. The molecule has 0 saturated heterocycles. The topological polar surface area (TPSA) is 74.5 Å². The molecule has 0 N–H and O–H groups in total. The number of benzene rings is 4. The van der Waals surface area contributed by atoms with Gasteiger partial charge in [-0.3, -0.25) is 4.57 Å². The Hall–Kier alpha value is -5.81. The number of hydrogen-bond acceptors (Lipinski definition) is 5. The van der Waals surface area contributed by atoms with E-state index in [9.17, 15) is 0 Å². The van der Waals surface area contributed by atoms with Crippen LogP contribution < -0.4 is 4.74 Å². The van der Waals surface area contributed by atoms with Crippen LogP contribution in [-0.4, -0.2) is 29.6 Å². The Morgan fingerprint density at radius 1 is 0.692 bits per heavy atom. The van der Waals surface area contributed by atoms with E-state index in [-0.39, 0.29) is 0 Å². The highest BCUT2D eigenvalue weighted by atomic mass is 16.5. The molecule has 4 aromatic heterocycles. The second kappa shape index (κ2) is 8.10. The summed E-state index contributed by atoms with van der Waals surface area (Å²) in [6.45, 7) is 7.68. The number of tetrazole rings is 1. The van der Waals surface area contributed by atoms with Gasteiger partial charge in [0, 0.05) is 33.8 Å². The molecule has 0 aliphatic rings. The summed E-state index contributed by atoms with van der Waals surface area (Å²) < 4.78 is 10.2. The molecule has 0 spiro atoms. The second-order valence-electron chi connectivity index (χ2n) is 9.23. The molecule has 0 aliphatic heterocycles. The summed E-state index contributed by atoms with van der Waals surface area (Å²) in [6.07, 6.45) is 1.80. The number of aromatic nitrogens is 6. The Labute approximate surface area is 221 Å². The number of ether oxygens (including phenoxy) is 1. The third-order valence-electron chi connectivity index (χ3n) is 7.10. The van der Waals surface area contributed by atoms with Gasteiger partial charge >= 0.3 is 0 Å². The molecule has 0 unspecified atom stereocenters. The molecular formula is C31H17N7O. The maximum atomic E-state index is 7.68. The summed E-state index contributed by atoms with van der Waals surface area (Å²) in [4.78, 5) is 8.35. The van der Waals surface area contributed by atoms with Crippen LogP contribution in [0.4, 0.5) is 5.69 Å². The Bertz CT molecular complexity index is 2280. The second-order valence-corrected chi connectivity index (χ2v) is 9.23. The van der Waals surface area contributed by atoms with E-state index in [4.69, 9.17) is 11.3 Å². The zero-order chi connectivity index (χ0) is 25.9. The minimum absolute atomic E-state index is 0.552. The average molecular weight is 504 g/mol. The molecule has 182 valence electrons. The smallest absolute Gasteiger partial charge is 0.197 e. The fraction of sp³-hybridized carbons (Fsp3) is 0. The van der Waals surface area contributed by atoms with Crippen molar-refractivity contribution in [2.45, 2.75) is 0 Å². The highest BCUT2D eigenvalue weighted by Gasteiger charge is 2.16. The van der Waals surface area contributed by atoms with Crippen LogP contribution in [0.15, 0.2) is 103 Å². The maximum Gasteiger partial charge on any atom is 0.197 e. The molecule has 0 atom stereocenters. The normalized spacial score (nSPS) is 11.6. The molecule has 8 aromatic rings. The molecule has 0 saturated carbocycles. The molecule has 8 nitrogen and oxygen atoms in total. The number of para-hydroxylation sites is 1. The van der Waals surface area contributed by atoms with E-state index in [1.54, 1.807) is 10.7 Å². The Morgan fingerprint density at radius 2 is 1.49 bits per heavy atom. The number of fused-ring (bicyclic) bond motifs is 9. The third-order valence-corrected chi connectivity index (χ3v) is 7.10. The quantitative estimate of drug-likeness (QED) is 0.187. The molecule has 0 bridgehead atoms. The summed E-state index contributed by atoms with van der Waals surface area (Å²) in [5.74, 6) is 2.18. The molecule has 0 aliphatic carbocycles. The van der Waals surface area contributed by atoms with Crippen molar-refractivity contribution in [2.75, 3.05) is 0 Å². The summed E-state index contributed by atoms with van der Waals surface area (Å²) >= 11 is 0. The van der Waals surface area contributed by atoms with Crippen LogP contribution in [0, 0.1) is 6.57 Å². The van der Waals surface area contributed by atoms with Crippen molar-refractivity contribution >= 4 is 54.8 Å². The highest BCUT2D eigenvalue weighted by molar-refractivity contribution is 6.16. The van der Waals surface area contributed by atoms with Crippen LogP contribution in [0.1, 0.15) is 0 Å². The van der Waals surface area contributed by atoms with Crippen LogP contribution in [0.3, 0.4) is 0 Å². The molecule has 4 aromatic carbocycles. The van der Waals surface area contributed by atoms with E-state index in [0.29, 0.717) is 22.8 Å². The van der Waals surface area contributed by atoms with Crippen LogP contribution in [-0.2, 0) is 0 Å². The molecule has 8 rings (SSSR count). The van der Waals surface area contributed by atoms with Crippen molar-refractivity contribution in [1.82, 2.24) is 29.6 Å². The maximum absolute atomic E-state index is 7.68. The van der Waals surface area contributed by atoms with Crippen molar-refractivity contribution in [3.8, 4) is 17.3 Å². The molecule has 0 radical (unpaired) electrons. The summed E-state index contributed by atoms with van der Waals surface area (Å²) in [6, 6.07) is 31.7. The Balaban J connectivity index is 1.31. The lowest BCUT2D eigenvalue weighted by molar-refractivity contribution is 0.484. The Kier molecular flexibility index (Phi) is 4.42. The van der Waals surface area contributed by atoms with Gasteiger partial charge < -0.3 is 4.74 Å². The number of nitrogens with zero attached hydrogens (tertiary/aromatic N) is 7. The molecule has 0 amide bonds. The van der Waals surface area contributed by atoms with E-state index in [1.807, 2.05) is 78.9 Å². The molecule has 4 heterocycles. The van der Waals surface area contributed by atoms with Gasteiger partial charge in [0.25, 0.3) is 0 Å². The van der Waals surface area contributed by atoms with E-state index >= 15 is 0 Å². The average Bonchev–Trinajstić information content (AvgIpc) is 3.61. The van der Waals surface area contributed by atoms with Gasteiger partial charge in [0.1, 0.15) is 17.3 Å². The van der Waals surface area contributed by atoms with E-state index < -0.39 is 0 Å². The van der Waals surface area contributed by atoms with Crippen LogP contribution in [0.25, 0.3) is 59.8 Å². The number of pyridine rings is 2. The number of hydrogen-bond donors (Lipinski definition) is 0. The van der Waals surface area contributed by atoms with Gasteiger partial charge in [-0.25, -0.2) is 9.83 Å². The lowest BCUT2D eigenvalue weighted by Crippen LogP contribution is -1.96. The SMILES string of the molecule is [C-]#[N+]c1cccc2c1c1ccc(Oc3ccc4c5ccccc5n(-c5ccccn5)c4c3)cc1c1nnnn21. The predicted molar refractivity (Wildman–Crippen MR) is 151 cm³/mol. The fourth-order valence-corrected chi connectivity index (χ4v) is 5.46. The van der Waals surface area contributed by atoms with E-state index in [0.717, 1.165) is 49.3 Å². The first-order valence-electron chi connectivity index (χ1n) is 12.4. The minimum atomic E-state index is 0.552. The largest absolute Gasteiger partial charge is 0.457 e. The highest BCUT2D eigenvalue weighted by Crippen LogP contribution is 2.38. The zero-order valence-electron chi connectivity index (χ0n) is 20.4. The first kappa shape index (κ1) is 21.3. The van der Waals surface area contributed by atoms with Crippen molar-refractivity contribution in [3.05, 3.63) is 115 Å². The fourth-order valence-electron chi connectivity index (χ4n) is 5.46. The standard InChI is InChI=1S/C31H17N7O/c1-32-25-8-6-10-27-30(25)23-15-13-19(17-24(23)31-34-35-36-38(27)31)39-20-12-14-22-21-7-2-3-9-26(21)37(28(22)18-20)29-11-4-5-16-33-29/h2-18H. The van der Waals surface area contributed by atoms with Gasteiger partial charge in [-0.1, -0.05) is 42.5 Å². The Morgan fingerprint density at radius 3 is 2.36 bits per heavy atom. The van der Waals surface area contributed by atoms with E-state index in [2.05, 4.69) is 48.1 Å². The molecule has 39 heavy (non-hydrogen) atoms. The molecular weight excluding hydrogens is 486 g/mol. The first-order valence-corrected chi connectivity index (χ1v) is 12.4. The van der Waals surface area contributed by atoms with Crippen molar-refractivity contribution in [3.63, 3.8) is 0 Å². The summed E-state index contributed by atoms with van der Waals surface area (Å²) in [5.41, 5.74) is 4.04. The first-order chi connectivity index (χ1) is 19.3.